The fraction of sp³-hybridized carbons (Fsp3) is 0.423. The summed E-state index contributed by atoms with van der Waals surface area (Å²) in [7, 11) is 0. The minimum absolute atomic E-state index is 0.355. The fourth-order valence-electron chi connectivity index (χ4n) is 4.44. The molecule has 0 aliphatic carbocycles. The molecule has 2 aromatic rings. The molecule has 0 bridgehead atoms. The molecule has 4 amide bonds. The lowest BCUT2D eigenvalue weighted by atomic mass is 9.91. The summed E-state index contributed by atoms with van der Waals surface area (Å²) < 4.78 is 11.4. The minimum Gasteiger partial charge on any atom is -0.490 e. The third-order valence-corrected chi connectivity index (χ3v) is 6.35. The van der Waals surface area contributed by atoms with Gasteiger partial charge in [0, 0.05) is 30.4 Å². The molecule has 0 aromatic heterocycles. The van der Waals surface area contributed by atoms with Crippen LogP contribution in [0.5, 0.6) is 11.5 Å². The van der Waals surface area contributed by atoms with Gasteiger partial charge in [-0.2, -0.15) is 0 Å². The van der Waals surface area contributed by atoms with E-state index < -0.39 is 23.4 Å². The van der Waals surface area contributed by atoms with Crippen LogP contribution >= 0.6 is 0 Å². The first kappa shape index (κ1) is 24.4. The molecule has 0 saturated carbocycles. The van der Waals surface area contributed by atoms with Crippen LogP contribution in [0, 0.1) is 0 Å². The molecule has 2 aliphatic rings. The van der Waals surface area contributed by atoms with E-state index in [0.717, 1.165) is 23.6 Å². The first-order valence-electron chi connectivity index (χ1n) is 11.9. The van der Waals surface area contributed by atoms with Crippen molar-refractivity contribution >= 4 is 29.2 Å². The SMILES string of the molecule is CCN(c1ccc(NC(=O)CN2C(=O)NC(C)(c3ccc4c(c3)OCCCO4)C2=O)cc1)C(C)C. The van der Waals surface area contributed by atoms with Crippen LogP contribution < -0.4 is 25.0 Å². The average Bonchev–Trinajstić information content (AvgIpc) is 2.99. The van der Waals surface area contributed by atoms with Gasteiger partial charge in [-0.25, -0.2) is 4.79 Å². The number of imide groups is 1. The molecule has 1 fully saturated rings. The highest BCUT2D eigenvalue weighted by molar-refractivity contribution is 6.10. The van der Waals surface area contributed by atoms with Crippen LogP contribution in [0.4, 0.5) is 16.2 Å². The molecule has 1 atom stereocenters. The molecule has 2 aromatic carbocycles. The first-order valence-corrected chi connectivity index (χ1v) is 11.9. The van der Waals surface area contributed by atoms with Crippen LogP contribution in [0.3, 0.4) is 0 Å². The van der Waals surface area contributed by atoms with Gasteiger partial charge in [0.1, 0.15) is 12.1 Å². The molecule has 4 rings (SSSR count). The number of carbonyl (C=O) groups is 3. The zero-order valence-electron chi connectivity index (χ0n) is 20.6. The zero-order chi connectivity index (χ0) is 25.2. The first-order chi connectivity index (χ1) is 16.7. The molecule has 35 heavy (non-hydrogen) atoms. The van der Waals surface area contributed by atoms with E-state index in [4.69, 9.17) is 9.47 Å². The van der Waals surface area contributed by atoms with Gasteiger partial charge in [-0.3, -0.25) is 14.5 Å². The van der Waals surface area contributed by atoms with Crippen LogP contribution in [-0.4, -0.2) is 55.1 Å². The number of nitrogens with zero attached hydrogens (tertiary/aromatic N) is 2. The highest BCUT2D eigenvalue weighted by Gasteiger charge is 2.49. The molecule has 2 N–H and O–H groups in total. The van der Waals surface area contributed by atoms with Crippen molar-refractivity contribution in [3.8, 4) is 11.5 Å². The summed E-state index contributed by atoms with van der Waals surface area (Å²) in [5.41, 5.74) is 0.894. The van der Waals surface area contributed by atoms with Gasteiger partial charge < -0.3 is 25.0 Å². The Bertz CT molecular complexity index is 1120. The number of hydrogen-bond acceptors (Lipinski definition) is 6. The third kappa shape index (κ3) is 4.89. The summed E-state index contributed by atoms with van der Waals surface area (Å²) in [6.07, 6.45) is 0.761. The molecule has 9 nitrogen and oxygen atoms in total. The van der Waals surface area contributed by atoms with Crippen LogP contribution in [0.15, 0.2) is 42.5 Å². The molecule has 0 spiro atoms. The zero-order valence-corrected chi connectivity index (χ0v) is 20.6. The number of fused-ring (bicyclic) bond motifs is 1. The van der Waals surface area contributed by atoms with Crippen molar-refractivity contribution in [1.29, 1.82) is 0 Å². The van der Waals surface area contributed by atoms with Crippen molar-refractivity contribution < 1.29 is 23.9 Å². The van der Waals surface area contributed by atoms with Gasteiger partial charge in [0.05, 0.1) is 13.2 Å². The van der Waals surface area contributed by atoms with Gasteiger partial charge in [-0.1, -0.05) is 6.07 Å². The summed E-state index contributed by atoms with van der Waals surface area (Å²) in [6.45, 7) is 9.51. The summed E-state index contributed by atoms with van der Waals surface area (Å²) in [5, 5.41) is 5.50. The highest BCUT2D eigenvalue weighted by atomic mass is 16.5. The maximum atomic E-state index is 13.3. The predicted molar refractivity (Wildman–Crippen MR) is 133 cm³/mol. The van der Waals surface area contributed by atoms with E-state index in [1.165, 1.54) is 0 Å². The Morgan fingerprint density at radius 2 is 1.80 bits per heavy atom. The van der Waals surface area contributed by atoms with Gasteiger partial charge in [0.25, 0.3) is 5.91 Å². The van der Waals surface area contributed by atoms with E-state index in [9.17, 15) is 14.4 Å². The number of benzene rings is 2. The normalized spacial score (nSPS) is 19.4. The van der Waals surface area contributed by atoms with Gasteiger partial charge in [0.2, 0.25) is 5.91 Å². The van der Waals surface area contributed by atoms with Crippen molar-refractivity contribution in [3.05, 3.63) is 48.0 Å². The van der Waals surface area contributed by atoms with Crippen molar-refractivity contribution in [2.75, 3.05) is 36.5 Å². The Hall–Kier alpha value is -3.75. The molecular weight excluding hydrogens is 448 g/mol. The van der Waals surface area contributed by atoms with Gasteiger partial charge in [0.15, 0.2) is 11.5 Å². The smallest absolute Gasteiger partial charge is 0.325 e. The number of amides is 4. The minimum atomic E-state index is -1.32. The quantitative estimate of drug-likeness (QED) is 0.589. The Morgan fingerprint density at radius 1 is 1.11 bits per heavy atom. The average molecular weight is 481 g/mol. The van der Waals surface area contributed by atoms with Crippen molar-refractivity contribution in [3.63, 3.8) is 0 Å². The third-order valence-electron chi connectivity index (χ3n) is 6.35. The maximum absolute atomic E-state index is 13.3. The second-order valence-electron chi connectivity index (χ2n) is 9.13. The molecule has 0 radical (unpaired) electrons. The Morgan fingerprint density at radius 3 is 2.46 bits per heavy atom. The predicted octanol–water partition coefficient (Wildman–Crippen LogP) is 3.49. The molecular formula is C26H32N4O5. The van der Waals surface area contributed by atoms with E-state index in [0.29, 0.717) is 42.0 Å². The molecule has 2 aliphatic heterocycles. The second kappa shape index (κ2) is 9.85. The van der Waals surface area contributed by atoms with E-state index in [1.807, 2.05) is 24.3 Å². The number of ether oxygens (including phenoxy) is 2. The summed E-state index contributed by atoms with van der Waals surface area (Å²) in [6, 6.07) is 12.4. The van der Waals surface area contributed by atoms with Crippen LogP contribution in [0.25, 0.3) is 0 Å². The number of urea groups is 1. The Balaban J connectivity index is 1.44. The molecule has 9 heteroatoms. The number of hydrogen-bond donors (Lipinski definition) is 2. The second-order valence-corrected chi connectivity index (χ2v) is 9.13. The van der Waals surface area contributed by atoms with Crippen molar-refractivity contribution in [2.45, 2.75) is 45.7 Å². The van der Waals surface area contributed by atoms with Gasteiger partial charge in [-0.05, 0) is 69.7 Å². The molecule has 186 valence electrons. The van der Waals surface area contributed by atoms with Crippen LogP contribution in [0.2, 0.25) is 0 Å². The van der Waals surface area contributed by atoms with Gasteiger partial charge >= 0.3 is 6.03 Å². The largest absolute Gasteiger partial charge is 0.490 e. The summed E-state index contributed by atoms with van der Waals surface area (Å²) >= 11 is 0. The van der Waals surface area contributed by atoms with Crippen LogP contribution in [0.1, 0.15) is 39.7 Å². The number of nitrogens with one attached hydrogen (secondary N) is 2. The van der Waals surface area contributed by atoms with Crippen LogP contribution in [-0.2, 0) is 15.1 Å². The maximum Gasteiger partial charge on any atom is 0.325 e. The summed E-state index contributed by atoms with van der Waals surface area (Å²) in [5.74, 6) is 0.171. The highest BCUT2D eigenvalue weighted by Crippen LogP contribution is 2.36. The molecule has 1 unspecified atom stereocenters. The van der Waals surface area contributed by atoms with E-state index in [1.54, 1.807) is 25.1 Å². The topological polar surface area (TPSA) is 100 Å². The molecule has 1 saturated heterocycles. The number of anilines is 2. The van der Waals surface area contributed by atoms with Crippen molar-refractivity contribution in [1.82, 2.24) is 10.2 Å². The standard InChI is InChI=1S/C26H32N4O5/c1-5-29(17(2)3)20-10-8-19(9-11-20)27-23(31)16-30-24(32)26(4,28-25(30)33)18-7-12-21-22(15-18)35-14-6-13-34-21/h7-12,15,17H,5-6,13-14,16H2,1-4H3,(H,27,31)(H,28,33). The Kier molecular flexibility index (Phi) is 6.86. The van der Waals surface area contributed by atoms with E-state index in [2.05, 4.69) is 36.3 Å². The lowest BCUT2D eigenvalue weighted by Crippen LogP contribution is -2.42. The lowest BCUT2D eigenvalue weighted by Gasteiger charge is -2.27. The lowest BCUT2D eigenvalue weighted by molar-refractivity contribution is -0.133. The molecule has 2 heterocycles. The van der Waals surface area contributed by atoms with Gasteiger partial charge in [-0.15, -0.1) is 0 Å². The van der Waals surface area contributed by atoms with Crippen molar-refractivity contribution in [2.24, 2.45) is 0 Å². The fourth-order valence-corrected chi connectivity index (χ4v) is 4.44. The van der Waals surface area contributed by atoms with E-state index in [-0.39, 0.29) is 6.54 Å². The monoisotopic (exact) mass is 480 g/mol. The summed E-state index contributed by atoms with van der Waals surface area (Å²) in [4.78, 5) is 41.8. The number of carbonyl (C=O) groups excluding carboxylic acids is 3. The van der Waals surface area contributed by atoms with E-state index >= 15 is 0 Å². The Labute approximate surface area is 205 Å². The number of rotatable bonds is 7.